The summed E-state index contributed by atoms with van der Waals surface area (Å²) in [5.41, 5.74) is 0.599. The molecule has 196 valence electrons. The highest BCUT2D eigenvalue weighted by Gasteiger charge is 2.58. The van der Waals surface area contributed by atoms with Gasteiger partial charge >= 0.3 is 0 Å². The molecule has 0 radical (unpaired) electrons. The minimum absolute atomic E-state index is 0.106. The average molecular weight is 473 g/mol. The normalized spacial score (nSPS) is 48.4. The maximum atomic E-state index is 11.4. The number of rotatable bonds is 5. The fourth-order valence-corrected chi connectivity index (χ4v) is 10.7. The van der Waals surface area contributed by atoms with Crippen LogP contribution >= 0.6 is 0 Å². The van der Waals surface area contributed by atoms with Crippen LogP contribution in [-0.4, -0.2) is 21.9 Å². The summed E-state index contributed by atoms with van der Waals surface area (Å²) in [4.78, 5) is 0. The Morgan fingerprint density at radius 1 is 0.794 bits per heavy atom. The summed E-state index contributed by atoms with van der Waals surface area (Å²) < 4.78 is 0. The van der Waals surface area contributed by atoms with Gasteiger partial charge in [-0.1, -0.05) is 34.6 Å². The fourth-order valence-electron chi connectivity index (χ4n) is 10.7. The summed E-state index contributed by atoms with van der Waals surface area (Å²) in [5.74, 6) is 6.29. The second-order valence-corrected chi connectivity index (χ2v) is 15.3. The molecule has 5 aliphatic rings. The highest BCUT2D eigenvalue weighted by atomic mass is 16.3. The minimum Gasteiger partial charge on any atom is -0.393 e. The molecular formula is C32H56O2. The minimum atomic E-state index is -0.366. The van der Waals surface area contributed by atoms with E-state index in [9.17, 15) is 10.2 Å². The first-order valence-corrected chi connectivity index (χ1v) is 15.5. The Labute approximate surface area is 211 Å². The van der Waals surface area contributed by atoms with Crippen LogP contribution in [-0.2, 0) is 0 Å². The third-order valence-corrected chi connectivity index (χ3v) is 13.1. The molecule has 0 heterocycles. The smallest absolute Gasteiger partial charge is 0.0648 e. The van der Waals surface area contributed by atoms with Gasteiger partial charge in [0, 0.05) is 0 Å². The molecule has 2 N–H and O–H groups in total. The molecule has 5 fully saturated rings. The first kappa shape index (κ1) is 25.6. The summed E-state index contributed by atoms with van der Waals surface area (Å²) in [6, 6.07) is 0. The lowest BCUT2D eigenvalue weighted by molar-refractivity contribution is -0.112. The van der Waals surface area contributed by atoms with Crippen molar-refractivity contribution in [1.29, 1.82) is 0 Å². The van der Waals surface area contributed by atoms with Crippen molar-refractivity contribution in [3.05, 3.63) is 0 Å². The van der Waals surface area contributed by atoms with Gasteiger partial charge in [0.25, 0.3) is 0 Å². The molecule has 0 aliphatic heterocycles. The maximum Gasteiger partial charge on any atom is 0.0648 e. The van der Waals surface area contributed by atoms with Gasteiger partial charge in [0.2, 0.25) is 0 Å². The molecule has 5 aliphatic carbocycles. The fraction of sp³-hybridized carbons (Fsp3) is 1.00. The van der Waals surface area contributed by atoms with Crippen molar-refractivity contribution in [3.8, 4) is 0 Å². The SMILES string of the molecule is CC[C@]1(O)CC[C@H]2[C@@H](CC[C@@H]3[C@@H]2CC[C@]2(C)[C@@H]([C@H](C)[C@H](O)CC4CCC(C)(C)CC4)CC[C@@H]32)C1. The number of fused-ring (bicyclic) bond motifs is 5. The van der Waals surface area contributed by atoms with Crippen molar-refractivity contribution in [3.63, 3.8) is 0 Å². The molecular weight excluding hydrogens is 416 g/mol. The lowest BCUT2D eigenvalue weighted by atomic mass is 9.48. The molecule has 10 atom stereocenters. The van der Waals surface area contributed by atoms with E-state index in [1.165, 1.54) is 70.6 Å². The van der Waals surface area contributed by atoms with E-state index in [0.29, 0.717) is 22.7 Å². The van der Waals surface area contributed by atoms with Crippen LogP contribution in [0.3, 0.4) is 0 Å². The van der Waals surface area contributed by atoms with E-state index in [-0.39, 0.29) is 11.7 Å². The quantitative estimate of drug-likeness (QED) is 0.425. The Kier molecular flexibility index (Phi) is 7.02. The van der Waals surface area contributed by atoms with Gasteiger partial charge in [0.1, 0.15) is 0 Å². The molecule has 0 saturated heterocycles. The number of hydrogen-bond donors (Lipinski definition) is 2. The second kappa shape index (κ2) is 9.34. The van der Waals surface area contributed by atoms with Crippen molar-refractivity contribution in [2.24, 2.45) is 58.2 Å². The van der Waals surface area contributed by atoms with Gasteiger partial charge in [-0.05, 0) is 154 Å². The highest BCUT2D eigenvalue weighted by Crippen LogP contribution is 2.66. The molecule has 34 heavy (non-hydrogen) atoms. The Bertz CT molecular complexity index is 706. The van der Waals surface area contributed by atoms with Gasteiger partial charge in [-0.15, -0.1) is 0 Å². The predicted molar refractivity (Wildman–Crippen MR) is 141 cm³/mol. The summed E-state index contributed by atoms with van der Waals surface area (Å²) in [6.45, 7) is 12.1. The molecule has 5 saturated carbocycles. The number of aliphatic hydroxyl groups excluding tert-OH is 1. The van der Waals surface area contributed by atoms with Crippen molar-refractivity contribution in [2.75, 3.05) is 0 Å². The van der Waals surface area contributed by atoms with E-state index in [1.807, 2.05) is 0 Å². The monoisotopic (exact) mass is 472 g/mol. The summed E-state index contributed by atoms with van der Waals surface area (Å²) in [6.07, 6.45) is 18.9. The van der Waals surface area contributed by atoms with Gasteiger partial charge in [-0.25, -0.2) is 0 Å². The van der Waals surface area contributed by atoms with Crippen LogP contribution in [0, 0.1) is 58.2 Å². The van der Waals surface area contributed by atoms with E-state index < -0.39 is 0 Å². The van der Waals surface area contributed by atoms with Crippen LogP contribution in [0.1, 0.15) is 131 Å². The molecule has 0 unspecified atom stereocenters. The van der Waals surface area contributed by atoms with Crippen LogP contribution in [0.4, 0.5) is 0 Å². The van der Waals surface area contributed by atoms with Gasteiger partial charge in [-0.3, -0.25) is 0 Å². The van der Waals surface area contributed by atoms with Crippen LogP contribution in [0.25, 0.3) is 0 Å². The van der Waals surface area contributed by atoms with Crippen molar-refractivity contribution >= 4 is 0 Å². The average Bonchev–Trinajstić information content (AvgIpc) is 3.16. The first-order chi connectivity index (χ1) is 16.1. The molecule has 5 rings (SSSR count). The Morgan fingerprint density at radius 2 is 1.50 bits per heavy atom. The Hall–Kier alpha value is -0.0800. The molecule has 0 spiro atoms. The molecule has 0 bridgehead atoms. The van der Waals surface area contributed by atoms with Crippen LogP contribution in [0.15, 0.2) is 0 Å². The third kappa shape index (κ3) is 4.55. The van der Waals surface area contributed by atoms with E-state index in [0.717, 1.165) is 61.2 Å². The van der Waals surface area contributed by atoms with E-state index in [2.05, 4.69) is 34.6 Å². The van der Waals surface area contributed by atoms with Gasteiger partial charge < -0.3 is 10.2 Å². The zero-order chi connectivity index (χ0) is 24.3. The zero-order valence-electron chi connectivity index (χ0n) is 23.2. The number of aliphatic hydroxyl groups is 2. The first-order valence-electron chi connectivity index (χ1n) is 15.5. The lowest BCUT2D eigenvalue weighted by Crippen LogP contribution is -2.51. The molecule has 0 amide bonds. The topological polar surface area (TPSA) is 40.5 Å². The van der Waals surface area contributed by atoms with Crippen molar-refractivity contribution < 1.29 is 10.2 Å². The summed E-state index contributed by atoms with van der Waals surface area (Å²) >= 11 is 0. The van der Waals surface area contributed by atoms with E-state index in [1.54, 1.807) is 0 Å². The zero-order valence-corrected chi connectivity index (χ0v) is 23.2. The van der Waals surface area contributed by atoms with Crippen LogP contribution in [0.2, 0.25) is 0 Å². The summed E-state index contributed by atoms with van der Waals surface area (Å²) in [7, 11) is 0. The van der Waals surface area contributed by atoms with Crippen molar-refractivity contribution in [2.45, 2.75) is 143 Å². The molecule has 2 nitrogen and oxygen atoms in total. The number of hydrogen-bond acceptors (Lipinski definition) is 2. The Morgan fingerprint density at radius 3 is 2.21 bits per heavy atom. The largest absolute Gasteiger partial charge is 0.393 e. The summed E-state index contributed by atoms with van der Waals surface area (Å²) in [5, 5.41) is 22.4. The van der Waals surface area contributed by atoms with Crippen LogP contribution < -0.4 is 0 Å². The molecule has 0 aromatic carbocycles. The van der Waals surface area contributed by atoms with Gasteiger partial charge in [0.05, 0.1) is 11.7 Å². The Balaban J connectivity index is 1.22. The predicted octanol–water partition coefficient (Wildman–Crippen LogP) is 8.00. The molecule has 0 aromatic rings. The van der Waals surface area contributed by atoms with Gasteiger partial charge in [0.15, 0.2) is 0 Å². The van der Waals surface area contributed by atoms with Gasteiger partial charge in [-0.2, -0.15) is 0 Å². The highest BCUT2D eigenvalue weighted by molar-refractivity contribution is 5.08. The van der Waals surface area contributed by atoms with Crippen molar-refractivity contribution in [1.82, 2.24) is 0 Å². The maximum absolute atomic E-state index is 11.4. The molecule has 2 heteroatoms. The lowest BCUT2D eigenvalue weighted by Gasteiger charge is -2.57. The van der Waals surface area contributed by atoms with E-state index in [4.69, 9.17) is 0 Å². The van der Waals surface area contributed by atoms with Crippen LogP contribution in [0.5, 0.6) is 0 Å². The standard InChI is InChI=1S/C32H56O2/c1-6-32(34)18-14-24-23(20-32)7-8-26-25(24)13-17-31(5)27(9-10-28(26)31)21(2)29(33)19-22-11-15-30(3,4)16-12-22/h21-29,33-34H,6-20H2,1-5H3/t21-,23-,24-,25+,26+,27+,28-,29+,31+,32-/m0/s1. The molecule has 0 aromatic heterocycles. The second-order valence-electron chi connectivity index (χ2n) is 15.3. The van der Waals surface area contributed by atoms with E-state index >= 15 is 0 Å². The third-order valence-electron chi connectivity index (χ3n) is 13.1.